The lowest BCUT2D eigenvalue weighted by atomic mass is 10.0. The molecule has 3 amide bonds. The van der Waals surface area contributed by atoms with Gasteiger partial charge >= 0.3 is 0 Å². The van der Waals surface area contributed by atoms with Gasteiger partial charge < -0.3 is 14.7 Å². The summed E-state index contributed by atoms with van der Waals surface area (Å²) in [6.45, 7) is 3.85. The largest absolute Gasteiger partial charge is 0.339 e. The molecule has 0 bridgehead atoms. The molecule has 0 unspecified atom stereocenters. The van der Waals surface area contributed by atoms with Crippen molar-refractivity contribution < 1.29 is 14.4 Å². The van der Waals surface area contributed by atoms with E-state index in [9.17, 15) is 14.4 Å². The molecule has 0 N–H and O–H groups in total. The third-order valence-electron chi connectivity index (χ3n) is 6.64. The first-order valence-electron chi connectivity index (χ1n) is 11.0. The van der Waals surface area contributed by atoms with Crippen molar-refractivity contribution in [2.45, 2.75) is 57.9 Å². The Labute approximate surface area is 176 Å². The van der Waals surface area contributed by atoms with Gasteiger partial charge in [-0.3, -0.25) is 14.4 Å². The second-order valence-corrected chi connectivity index (χ2v) is 9.55. The van der Waals surface area contributed by atoms with Crippen molar-refractivity contribution in [3.05, 3.63) is 21.9 Å². The summed E-state index contributed by atoms with van der Waals surface area (Å²) in [6.07, 6.45) is 7.01. The molecule has 1 aromatic rings. The van der Waals surface area contributed by atoms with E-state index in [1.165, 1.54) is 36.1 Å². The summed E-state index contributed by atoms with van der Waals surface area (Å²) in [7, 11) is 0. The molecular formula is C22H31N3O3S. The summed E-state index contributed by atoms with van der Waals surface area (Å²) in [5.74, 6) is 0.917. The molecule has 7 heteroatoms. The van der Waals surface area contributed by atoms with Gasteiger partial charge in [0.15, 0.2) is 0 Å². The van der Waals surface area contributed by atoms with Crippen molar-refractivity contribution in [1.29, 1.82) is 0 Å². The predicted octanol–water partition coefficient (Wildman–Crippen LogP) is 2.66. The minimum absolute atomic E-state index is 0.0365. The summed E-state index contributed by atoms with van der Waals surface area (Å²) < 4.78 is 0. The maximum absolute atomic E-state index is 12.6. The van der Waals surface area contributed by atoms with Gasteiger partial charge in [-0.25, -0.2) is 0 Å². The zero-order valence-corrected chi connectivity index (χ0v) is 17.9. The number of amides is 3. The Morgan fingerprint density at radius 3 is 2.17 bits per heavy atom. The molecule has 0 aromatic carbocycles. The summed E-state index contributed by atoms with van der Waals surface area (Å²) >= 11 is 1.76. The van der Waals surface area contributed by atoms with Crippen LogP contribution in [0.1, 0.15) is 55.4 Å². The van der Waals surface area contributed by atoms with Crippen molar-refractivity contribution in [2.24, 2.45) is 5.92 Å². The SMILES string of the molecule is O=C(CCC(=O)N1CCc2sccc2C1)N1CCN(C(=O)CC2CCCC2)CC1. The Balaban J connectivity index is 1.17. The molecule has 4 rings (SSSR count). The van der Waals surface area contributed by atoms with Crippen LogP contribution in [-0.2, 0) is 27.3 Å². The third kappa shape index (κ3) is 5.00. The molecule has 1 aromatic heterocycles. The number of hydrogen-bond donors (Lipinski definition) is 0. The van der Waals surface area contributed by atoms with Gasteiger partial charge in [-0.1, -0.05) is 12.8 Å². The van der Waals surface area contributed by atoms with E-state index in [0.717, 1.165) is 13.0 Å². The fraction of sp³-hybridized carbons (Fsp3) is 0.682. The first kappa shape index (κ1) is 20.4. The zero-order valence-electron chi connectivity index (χ0n) is 17.1. The van der Waals surface area contributed by atoms with Crippen LogP contribution in [-0.4, -0.2) is 65.1 Å². The molecular weight excluding hydrogens is 386 g/mol. The molecule has 6 nitrogen and oxygen atoms in total. The average molecular weight is 418 g/mol. The molecule has 1 aliphatic carbocycles. The van der Waals surface area contributed by atoms with Crippen LogP contribution < -0.4 is 0 Å². The van der Waals surface area contributed by atoms with Crippen molar-refractivity contribution >= 4 is 29.1 Å². The normalized spacial score (nSPS) is 20.1. The Kier molecular flexibility index (Phi) is 6.53. The van der Waals surface area contributed by atoms with E-state index in [-0.39, 0.29) is 30.6 Å². The summed E-state index contributed by atoms with van der Waals surface area (Å²) in [5.41, 5.74) is 1.25. The molecule has 1 saturated carbocycles. The van der Waals surface area contributed by atoms with Crippen molar-refractivity contribution in [3.8, 4) is 0 Å². The van der Waals surface area contributed by atoms with Gasteiger partial charge in [0.2, 0.25) is 17.7 Å². The molecule has 3 heterocycles. The summed E-state index contributed by atoms with van der Waals surface area (Å²) in [5, 5.41) is 2.08. The number of fused-ring (bicyclic) bond motifs is 1. The Hall–Kier alpha value is -1.89. The van der Waals surface area contributed by atoms with Gasteiger partial charge in [0.25, 0.3) is 0 Å². The lowest BCUT2D eigenvalue weighted by Crippen LogP contribution is -2.51. The number of rotatable bonds is 5. The lowest BCUT2D eigenvalue weighted by Gasteiger charge is -2.35. The molecule has 0 radical (unpaired) electrons. The molecule has 0 atom stereocenters. The van der Waals surface area contributed by atoms with E-state index in [1.807, 2.05) is 14.7 Å². The van der Waals surface area contributed by atoms with Crippen molar-refractivity contribution in [3.63, 3.8) is 0 Å². The highest BCUT2D eigenvalue weighted by atomic mass is 32.1. The monoisotopic (exact) mass is 417 g/mol. The summed E-state index contributed by atoms with van der Waals surface area (Å²) in [4.78, 5) is 44.5. The highest BCUT2D eigenvalue weighted by Gasteiger charge is 2.28. The van der Waals surface area contributed by atoms with Crippen LogP contribution in [0, 0.1) is 5.92 Å². The average Bonchev–Trinajstić information content (AvgIpc) is 3.43. The maximum atomic E-state index is 12.6. The Morgan fingerprint density at radius 1 is 0.862 bits per heavy atom. The minimum Gasteiger partial charge on any atom is -0.339 e. The van der Waals surface area contributed by atoms with Crippen molar-refractivity contribution in [2.75, 3.05) is 32.7 Å². The first-order chi connectivity index (χ1) is 14.1. The number of carbonyl (C=O) groups excluding carboxylic acids is 3. The van der Waals surface area contributed by atoms with Gasteiger partial charge in [-0.15, -0.1) is 11.3 Å². The fourth-order valence-electron chi connectivity index (χ4n) is 4.79. The zero-order chi connectivity index (χ0) is 20.2. The van der Waals surface area contributed by atoms with Gasteiger partial charge in [-0.2, -0.15) is 0 Å². The Bertz CT molecular complexity index is 748. The number of carbonyl (C=O) groups is 3. The van der Waals surface area contributed by atoms with E-state index in [0.29, 0.717) is 45.1 Å². The van der Waals surface area contributed by atoms with Crippen LogP contribution in [0.3, 0.4) is 0 Å². The number of piperazine rings is 1. The fourth-order valence-corrected chi connectivity index (χ4v) is 5.68. The van der Waals surface area contributed by atoms with E-state index >= 15 is 0 Å². The van der Waals surface area contributed by atoms with Crippen LogP contribution in [0.2, 0.25) is 0 Å². The third-order valence-corrected chi connectivity index (χ3v) is 7.66. The Morgan fingerprint density at radius 2 is 1.48 bits per heavy atom. The molecule has 3 aliphatic rings. The standard InChI is InChI=1S/C22H31N3O3S/c26-20(5-6-21(27)25-9-7-19-18(16-25)8-14-29-19)23-10-12-24(13-11-23)22(28)15-17-3-1-2-4-17/h8,14,17H,1-7,9-13,15-16H2. The van der Waals surface area contributed by atoms with Crippen LogP contribution in [0.15, 0.2) is 11.4 Å². The quantitative estimate of drug-likeness (QED) is 0.740. The highest BCUT2D eigenvalue weighted by Crippen LogP contribution is 2.28. The van der Waals surface area contributed by atoms with Crippen LogP contribution >= 0.6 is 11.3 Å². The molecule has 0 spiro atoms. The van der Waals surface area contributed by atoms with Crippen LogP contribution in [0.5, 0.6) is 0 Å². The second kappa shape index (κ2) is 9.28. The molecule has 1 saturated heterocycles. The van der Waals surface area contributed by atoms with Gasteiger partial charge in [0, 0.05) is 63.4 Å². The van der Waals surface area contributed by atoms with E-state index in [2.05, 4.69) is 11.4 Å². The molecule has 29 heavy (non-hydrogen) atoms. The second-order valence-electron chi connectivity index (χ2n) is 8.55. The van der Waals surface area contributed by atoms with E-state index < -0.39 is 0 Å². The number of thiophene rings is 1. The number of hydrogen-bond acceptors (Lipinski definition) is 4. The predicted molar refractivity (Wildman–Crippen MR) is 112 cm³/mol. The minimum atomic E-state index is 0.0365. The topological polar surface area (TPSA) is 60.9 Å². The van der Waals surface area contributed by atoms with Gasteiger partial charge in [0.1, 0.15) is 0 Å². The smallest absolute Gasteiger partial charge is 0.223 e. The maximum Gasteiger partial charge on any atom is 0.223 e. The number of nitrogens with zero attached hydrogens (tertiary/aromatic N) is 3. The first-order valence-corrected chi connectivity index (χ1v) is 11.9. The molecule has 2 fully saturated rings. The van der Waals surface area contributed by atoms with E-state index in [4.69, 9.17) is 0 Å². The van der Waals surface area contributed by atoms with Gasteiger partial charge in [-0.05, 0) is 42.2 Å². The van der Waals surface area contributed by atoms with Crippen molar-refractivity contribution in [1.82, 2.24) is 14.7 Å². The molecule has 158 valence electrons. The molecule has 2 aliphatic heterocycles. The van der Waals surface area contributed by atoms with Crippen LogP contribution in [0.25, 0.3) is 0 Å². The lowest BCUT2D eigenvalue weighted by molar-refractivity contribution is -0.141. The summed E-state index contributed by atoms with van der Waals surface area (Å²) in [6, 6.07) is 2.10. The highest BCUT2D eigenvalue weighted by molar-refractivity contribution is 7.10. The van der Waals surface area contributed by atoms with E-state index in [1.54, 1.807) is 11.3 Å². The van der Waals surface area contributed by atoms with Crippen LogP contribution in [0.4, 0.5) is 0 Å². The van der Waals surface area contributed by atoms with Gasteiger partial charge in [0.05, 0.1) is 0 Å².